The number of anilines is 2. The van der Waals surface area contributed by atoms with Gasteiger partial charge in [-0.3, -0.25) is 5.43 Å². The summed E-state index contributed by atoms with van der Waals surface area (Å²) in [5.41, 5.74) is 2.41. The first-order valence-corrected chi connectivity index (χ1v) is 5.62. The van der Waals surface area contributed by atoms with Crippen LogP contribution in [0.5, 0.6) is 0 Å². The van der Waals surface area contributed by atoms with E-state index in [4.69, 9.17) is 17.4 Å². The van der Waals surface area contributed by atoms with E-state index in [2.05, 4.69) is 29.2 Å². The van der Waals surface area contributed by atoms with E-state index >= 15 is 0 Å². The SMILES string of the molecule is CC(C)CCN(C)c1nc(NN)ncc1Cl. The van der Waals surface area contributed by atoms with Gasteiger partial charge in [0.2, 0.25) is 5.95 Å². The Balaban J connectivity index is 2.76. The first-order chi connectivity index (χ1) is 7.54. The monoisotopic (exact) mass is 243 g/mol. The normalized spacial score (nSPS) is 10.6. The maximum Gasteiger partial charge on any atom is 0.239 e. The predicted molar refractivity (Wildman–Crippen MR) is 67.6 cm³/mol. The van der Waals surface area contributed by atoms with Gasteiger partial charge in [0, 0.05) is 13.6 Å². The summed E-state index contributed by atoms with van der Waals surface area (Å²) in [5, 5.41) is 0.533. The molecule has 1 heterocycles. The molecule has 0 atom stereocenters. The smallest absolute Gasteiger partial charge is 0.239 e. The van der Waals surface area contributed by atoms with Gasteiger partial charge < -0.3 is 4.90 Å². The number of nitrogens with one attached hydrogen (secondary N) is 1. The van der Waals surface area contributed by atoms with E-state index < -0.39 is 0 Å². The van der Waals surface area contributed by atoms with Gasteiger partial charge in [0.25, 0.3) is 0 Å². The molecule has 0 saturated carbocycles. The summed E-state index contributed by atoms with van der Waals surface area (Å²) in [4.78, 5) is 10.1. The van der Waals surface area contributed by atoms with Crippen molar-refractivity contribution < 1.29 is 0 Å². The average Bonchev–Trinajstić information content (AvgIpc) is 2.26. The largest absolute Gasteiger partial charge is 0.358 e. The van der Waals surface area contributed by atoms with Crippen LogP contribution in [-0.2, 0) is 0 Å². The van der Waals surface area contributed by atoms with Crippen LogP contribution in [0.4, 0.5) is 11.8 Å². The zero-order valence-corrected chi connectivity index (χ0v) is 10.6. The van der Waals surface area contributed by atoms with Gasteiger partial charge in [0.05, 0.1) is 6.20 Å². The maximum atomic E-state index is 6.03. The van der Waals surface area contributed by atoms with E-state index in [0.29, 0.717) is 22.7 Å². The number of nitrogens with zero attached hydrogens (tertiary/aromatic N) is 3. The van der Waals surface area contributed by atoms with Crippen molar-refractivity contribution in [2.75, 3.05) is 23.9 Å². The first kappa shape index (κ1) is 13.0. The minimum Gasteiger partial charge on any atom is -0.358 e. The molecular weight excluding hydrogens is 226 g/mol. The Hall–Kier alpha value is -1.07. The molecule has 90 valence electrons. The maximum absolute atomic E-state index is 6.03. The highest BCUT2D eigenvalue weighted by Crippen LogP contribution is 2.22. The standard InChI is InChI=1S/C10H18ClN5/c1-7(2)4-5-16(3)9-8(11)6-13-10(14-9)15-12/h6-7H,4-5,12H2,1-3H3,(H,13,14,15). The zero-order valence-electron chi connectivity index (χ0n) is 9.87. The molecule has 0 spiro atoms. The second-order valence-corrected chi connectivity index (χ2v) is 4.52. The van der Waals surface area contributed by atoms with Gasteiger partial charge in [-0.25, -0.2) is 10.8 Å². The van der Waals surface area contributed by atoms with Crippen LogP contribution in [0.15, 0.2) is 6.20 Å². The summed E-state index contributed by atoms with van der Waals surface area (Å²) >= 11 is 6.03. The minimum absolute atomic E-state index is 0.371. The fourth-order valence-electron chi connectivity index (χ4n) is 1.25. The Morgan fingerprint density at radius 1 is 1.56 bits per heavy atom. The molecule has 0 bridgehead atoms. The van der Waals surface area contributed by atoms with E-state index in [-0.39, 0.29) is 0 Å². The number of hydrazine groups is 1. The van der Waals surface area contributed by atoms with Crippen LogP contribution in [0.2, 0.25) is 5.02 Å². The van der Waals surface area contributed by atoms with Gasteiger partial charge in [-0.15, -0.1) is 0 Å². The van der Waals surface area contributed by atoms with E-state index in [1.54, 1.807) is 6.20 Å². The molecule has 0 fully saturated rings. The van der Waals surface area contributed by atoms with E-state index in [9.17, 15) is 0 Å². The molecule has 0 aromatic carbocycles. The van der Waals surface area contributed by atoms with Gasteiger partial charge in [-0.05, 0) is 12.3 Å². The van der Waals surface area contributed by atoms with Crippen LogP contribution >= 0.6 is 11.6 Å². The molecule has 16 heavy (non-hydrogen) atoms. The fourth-order valence-corrected chi connectivity index (χ4v) is 1.49. The van der Waals surface area contributed by atoms with Crippen molar-refractivity contribution in [3.63, 3.8) is 0 Å². The average molecular weight is 244 g/mol. The number of hydrogen-bond acceptors (Lipinski definition) is 5. The zero-order chi connectivity index (χ0) is 12.1. The van der Waals surface area contributed by atoms with Crippen molar-refractivity contribution in [3.05, 3.63) is 11.2 Å². The molecule has 0 unspecified atom stereocenters. The molecule has 1 rings (SSSR count). The molecule has 1 aromatic rings. The van der Waals surface area contributed by atoms with E-state index in [1.807, 2.05) is 11.9 Å². The molecule has 3 N–H and O–H groups in total. The Morgan fingerprint density at radius 3 is 2.81 bits per heavy atom. The molecule has 5 nitrogen and oxygen atoms in total. The van der Waals surface area contributed by atoms with Gasteiger partial charge in [0.1, 0.15) is 5.02 Å². The van der Waals surface area contributed by atoms with Crippen molar-refractivity contribution in [1.29, 1.82) is 0 Å². The lowest BCUT2D eigenvalue weighted by Gasteiger charge is -2.20. The predicted octanol–water partition coefficient (Wildman–Crippen LogP) is 1.90. The molecule has 0 aliphatic carbocycles. The third kappa shape index (κ3) is 3.50. The highest BCUT2D eigenvalue weighted by molar-refractivity contribution is 6.32. The molecule has 1 aromatic heterocycles. The van der Waals surface area contributed by atoms with Crippen LogP contribution in [0, 0.1) is 5.92 Å². The van der Waals surface area contributed by atoms with Crippen LogP contribution in [0.25, 0.3) is 0 Å². The molecule has 0 aliphatic heterocycles. The quantitative estimate of drug-likeness (QED) is 0.611. The van der Waals surface area contributed by atoms with Crippen molar-refractivity contribution in [2.24, 2.45) is 11.8 Å². The summed E-state index contributed by atoms with van der Waals surface area (Å²) in [6.07, 6.45) is 2.63. The lowest BCUT2D eigenvalue weighted by molar-refractivity contribution is 0.583. The van der Waals surface area contributed by atoms with E-state index in [0.717, 1.165) is 13.0 Å². The Labute approximate surface area is 101 Å². The van der Waals surface area contributed by atoms with Crippen molar-refractivity contribution in [3.8, 4) is 0 Å². The molecule has 0 saturated heterocycles. The summed E-state index contributed by atoms with van der Waals surface area (Å²) in [7, 11) is 1.96. The summed E-state index contributed by atoms with van der Waals surface area (Å²) in [6.45, 7) is 5.27. The fraction of sp³-hybridized carbons (Fsp3) is 0.600. The van der Waals surface area contributed by atoms with Gasteiger partial charge in [-0.2, -0.15) is 4.98 Å². The van der Waals surface area contributed by atoms with Crippen molar-refractivity contribution in [2.45, 2.75) is 20.3 Å². The highest BCUT2D eigenvalue weighted by atomic mass is 35.5. The number of aromatic nitrogens is 2. The topological polar surface area (TPSA) is 67.1 Å². The van der Waals surface area contributed by atoms with Gasteiger partial charge >= 0.3 is 0 Å². The number of rotatable bonds is 5. The lowest BCUT2D eigenvalue weighted by Crippen LogP contribution is -2.22. The third-order valence-electron chi connectivity index (χ3n) is 2.26. The second-order valence-electron chi connectivity index (χ2n) is 4.11. The molecule has 0 radical (unpaired) electrons. The number of nitrogen functional groups attached to an aromatic ring is 1. The first-order valence-electron chi connectivity index (χ1n) is 5.25. The van der Waals surface area contributed by atoms with Crippen molar-refractivity contribution in [1.82, 2.24) is 9.97 Å². The summed E-state index contributed by atoms with van der Waals surface area (Å²) in [5.74, 6) is 6.97. The molecule has 6 heteroatoms. The molecular formula is C10H18ClN5. The van der Waals surface area contributed by atoms with Crippen molar-refractivity contribution >= 4 is 23.4 Å². The third-order valence-corrected chi connectivity index (χ3v) is 2.52. The molecule has 0 aliphatic rings. The molecule has 0 amide bonds. The Bertz CT molecular complexity index is 342. The summed E-state index contributed by atoms with van der Waals surface area (Å²) < 4.78 is 0. The highest BCUT2D eigenvalue weighted by Gasteiger charge is 2.10. The van der Waals surface area contributed by atoms with Crippen LogP contribution in [-0.4, -0.2) is 23.6 Å². The van der Waals surface area contributed by atoms with E-state index in [1.165, 1.54) is 0 Å². The van der Waals surface area contributed by atoms with Crippen LogP contribution in [0.3, 0.4) is 0 Å². The van der Waals surface area contributed by atoms with Gasteiger partial charge in [-0.1, -0.05) is 25.4 Å². The second kappa shape index (κ2) is 5.86. The number of nitrogens with two attached hydrogens (primary N) is 1. The lowest BCUT2D eigenvalue weighted by atomic mass is 10.1. The van der Waals surface area contributed by atoms with Crippen LogP contribution in [0.1, 0.15) is 20.3 Å². The number of hydrogen-bond donors (Lipinski definition) is 2. The Kier molecular flexibility index (Phi) is 4.76. The van der Waals surface area contributed by atoms with Gasteiger partial charge in [0.15, 0.2) is 5.82 Å². The summed E-state index contributed by atoms with van der Waals surface area (Å²) in [6, 6.07) is 0. The minimum atomic E-state index is 0.371. The number of halogens is 1. The van der Waals surface area contributed by atoms with Crippen LogP contribution < -0.4 is 16.2 Å². The Morgan fingerprint density at radius 2 is 2.25 bits per heavy atom.